The molecule has 0 amide bonds. The summed E-state index contributed by atoms with van der Waals surface area (Å²) in [5.74, 6) is 0.216. The largest absolute Gasteiger partial charge is 0.476 e. The molecule has 0 fully saturated rings. The van der Waals surface area contributed by atoms with Gasteiger partial charge in [-0.3, -0.25) is 4.79 Å². The molecule has 0 atom stereocenters. The second kappa shape index (κ2) is 6.00. The van der Waals surface area contributed by atoms with Crippen molar-refractivity contribution in [2.24, 2.45) is 5.41 Å². The van der Waals surface area contributed by atoms with Crippen molar-refractivity contribution in [2.75, 3.05) is 13.7 Å². The van der Waals surface area contributed by atoms with E-state index >= 15 is 0 Å². The van der Waals surface area contributed by atoms with Crippen LogP contribution in [-0.4, -0.2) is 24.7 Å². The Hall–Kier alpha value is -1.10. The van der Waals surface area contributed by atoms with Crippen molar-refractivity contribution < 1.29 is 14.3 Å². The topological polar surface area (TPSA) is 48.4 Å². The van der Waals surface area contributed by atoms with Crippen LogP contribution in [0, 0.1) is 5.41 Å². The third-order valence-electron chi connectivity index (χ3n) is 2.27. The fourth-order valence-corrected chi connectivity index (χ4v) is 1.55. The van der Waals surface area contributed by atoms with Crippen LogP contribution >= 0.6 is 15.9 Å². The van der Waals surface area contributed by atoms with Gasteiger partial charge in [-0.05, 0) is 25.5 Å². The lowest BCUT2D eigenvalue weighted by molar-refractivity contribution is -0.152. The second-order valence-corrected chi connectivity index (χ2v) is 4.86. The molecule has 17 heavy (non-hydrogen) atoms. The van der Waals surface area contributed by atoms with Crippen LogP contribution in [0.4, 0.5) is 0 Å². The molecule has 1 heterocycles. The number of methoxy groups -OCH3 is 1. The minimum Gasteiger partial charge on any atom is -0.476 e. The molecule has 5 heteroatoms. The van der Waals surface area contributed by atoms with Crippen molar-refractivity contribution in [3.8, 4) is 5.88 Å². The Balaban J connectivity index is 2.63. The van der Waals surface area contributed by atoms with Gasteiger partial charge in [0.2, 0.25) is 5.88 Å². The summed E-state index contributed by atoms with van der Waals surface area (Å²) >= 11 is 3.36. The first-order valence-corrected chi connectivity index (χ1v) is 6.34. The van der Waals surface area contributed by atoms with Crippen molar-refractivity contribution in [1.29, 1.82) is 0 Å². The number of alkyl halides is 1. The molecule has 0 bridgehead atoms. The van der Waals surface area contributed by atoms with Crippen LogP contribution in [0.25, 0.3) is 0 Å². The lowest BCUT2D eigenvalue weighted by Gasteiger charge is -2.21. The third-order valence-corrected chi connectivity index (χ3v) is 2.92. The second-order valence-electron chi connectivity index (χ2n) is 4.30. The molecule has 94 valence electrons. The van der Waals surface area contributed by atoms with Crippen LogP contribution < -0.4 is 4.74 Å². The van der Waals surface area contributed by atoms with E-state index in [2.05, 4.69) is 20.9 Å². The lowest BCUT2D eigenvalue weighted by Crippen LogP contribution is -2.32. The van der Waals surface area contributed by atoms with Gasteiger partial charge in [0.1, 0.15) is 6.61 Å². The van der Waals surface area contributed by atoms with Gasteiger partial charge in [0.05, 0.1) is 12.5 Å². The zero-order chi connectivity index (χ0) is 12.9. The van der Waals surface area contributed by atoms with Crippen molar-refractivity contribution >= 4 is 21.9 Å². The Morgan fingerprint density at radius 3 is 2.82 bits per heavy atom. The Kier molecular flexibility index (Phi) is 4.93. The molecular weight excluding hydrogens is 286 g/mol. The summed E-state index contributed by atoms with van der Waals surface area (Å²) in [7, 11) is 1.37. The molecule has 0 unspecified atom stereocenters. The highest BCUT2D eigenvalue weighted by molar-refractivity contribution is 9.08. The lowest BCUT2D eigenvalue weighted by atomic mass is 9.95. The smallest absolute Gasteiger partial charge is 0.314 e. The summed E-state index contributed by atoms with van der Waals surface area (Å²) in [6.07, 6.45) is 1.68. The van der Waals surface area contributed by atoms with Crippen LogP contribution in [0.5, 0.6) is 5.88 Å². The molecule has 0 aliphatic heterocycles. The Labute approximate surface area is 109 Å². The van der Waals surface area contributed by atoms with Crippen LogP contribution in [0.1, 0.15) is 19.4 Å². The van der Waals surface area contributed by atoms with Crippen molar-refractivity contribution in [3.63, 3.8) is 0 Å². The predicted molar refractivity (Wildman–Crippen MR) is 68.2 cm³/mol. The quantitative estimate of drug-likeness (QED) is 0.619. The molecule has 0 saturated heterocycles. The van der Waals surface area contributed by atoms with E-state index in [9.17, 15) is 4.79 Å². The summed E-state index contributed by atoms with van der Waals surface area (Å²) in [6.45, 7) is 3.78. The molecule has 0 N–H and O–H groups in total. The van der Waals surface area contributed by atoms with Gasteiger partial charge in [-0.1, -0.05) is 15.9 Å². The van der Waals surface area contributed by atoms with Crippen LogP contribution in [0.2, 0.25) is 0 Å². The van der Waals surface area contributed by atoms with Gasteiger partial charge in [-0.25, -0.2) is 4.98 Å². The molecule has 0 aliphatic rings. The fraction of sp³-hybridized carbons (Fsp3) is 0.500. The molecule has 1 rings (SSSR count). The van der Waals surface area contributed by atoms with Crippen molar-refractivity contribution in [2.45, 2.75) is 19.2 Å². The molecular formula is C12H16BrNO3. The fourth-order valence-electron chi connectivity index (χ4n) is 1.20. The van der Waals surface area contributed by atoms with E-state index < -0.39 is 5.41 Å². The molecule has 0 aliphatic carbocycles. The number of aromatic nitrogens is 1. The first kappa shape index (κ1) is 14.0. The van der Waals surface area contributed by atoms with Crippen molar-refractivity contribution in [1.82, 2.24) is 4.98 Å². The van der Waals surface area contributed by atoms with Crippen LogP contribution in [0.15, 0.2) is 18.3 Å². The number of hydrogen-bond acceptors (Lipinski definition) is 4. The van der Waals surface area contributed by atoms with Gasteiger partial charge in [-0.15, -0.1) is 0 Å². The number of hydrogen-bond donors (Lipinski definition) is 0. The van der Waals surface area contributed by atoms with E-state index in [0.717, 1.165) is 10.9 Å². The van der Waals surface area contributed by atoms with Gasteiger partial charge >= 0.3 is 5.97 Å². The van der Waals surface area contributed by atoms with Crippen molar-refractivity contribution in [3.05, 3.63) is 23.9 Å². The molecule has 1 aromatic rings. The van der Waals surface area contributed by atoms with Crippen LogP contribution in [-0.2, 0) is 14.9 Å². The average Bonchev–Trinajstić information content (AvgIpc) is 2.35. The van der Waals surface area contributed by atoms with Gasteiger partial charge in [0, 0.05) is 17.6 Å². The number of ether oxygens (including phenoxy) is 2. The summed E-state index contributed by atoms with van der Waals surface area (Å²) in [4.78, 5) is 15.5. The SMILES string of the molecule is COC(=O)C(C)(C)COc1cc(CBr)ccn1. The minimum absolute atomic E-state index is 0.235. The molecule has 0 aromatic carbocycles. The number of carbonyl (C=O) groups excluding carboxylic acids is 1. The van der Waals surface area contributed by atoms with E-state index in [4.69, 9.17) is 9.47 Å². The van der Waals surface area contributed by atoms with Gasteiger partial charge < -0.3 is 9.47 Å². The predicted octanol–water partition coefficient (Wildman–Crippen LogP) is 2.55. The van der Waals surface area contributed by atoms with E-state index in [0.29, 0.717) is 5.88 Å². The molecule has 0 saturated carbocycles. The summed E-state index contributed by atoms with van der Waals surface area (Å²) in [6, 6.07) is 3.73. The van der Waals surface area contributed by atoms with Gasteiger partial charge in [0.15, 0.2) is 0 Å². The third kappa shape index (κ3) is 4.00. The maximum absolute atomic E-state index is 11.4. The first-order chi connectivity index (χ1) is 7.99. The number of pyridine rings is 1. The molecule has 0 spiro atoms. The zero-order valence-electron chi connectivity index (χ0n) is 10.2. The van der Waals surface area contributed by atoms with Gasteiger partial charge in [0.25, 0.3) is 0 Å². The minimum atomic E-state index is -0.680. The first-order valence-electron chi connectivity index (χ1n) is 5.21. The number of nitrogens with zero attached hydrogens (tertiary/aromatic N) is 1. The van der Waals surface area contributed by atoms with Gasteiger partial charge in [-0.2, -0.15) is 0 Å². The molecule has 0 radical (unpaired) electrons. The van der Waals surface area contributed by atoms with E-state index in [-0.39, 0.29) is 12.6 Å². The van der Waals surface area contributed by atoms with E-state index in [1.54, 1.807) is 20.0 Å². The Morgan fingerprint density at radius 2 is 2.24 bits per heavy atom. The Morgan fingerprint density at radius 1 is 1.53 bits per heavy atom. The Bertz CT molecular complexity index is 393. The summed E-state index contributed by atoms with van der Waals surface area (Å²) in [5.41, 5.74) is 0.395. The molecule has 1 aromatic heterocycles. The standard InChI is InChI=1S/C12H16BrNO3/c1-12(2,11(15)16-3)8-17-10-6-9(7-13)4-5-14-10/h4-6H,7-8H2,1-3H3. The number of halogens is 1. The highest BCUT2D eigenvalue weighted by atomic mass is 79.9. The maximum atomic E-state index is 11.4. The molecule has 4 nitrogen and oxygen atoms in total. The van der Waals surface area contributed by atoms with E-state index in [1.807, 2.05) is 12.1 Å². The number of carbonyl (C=O) groups is 1. The zero-order valence-corrected chi connectivity index (χ0v) is 11.8. The van der Waals surface area contributed by atoms with Crippen LogP contribution in [0.3, 0.4) is 0 Å². The summed E-state index contributed by atoms with van der Waals surface area (Å²) in [5, 5.41) is 0.742. The number of rotatable bonds is 5. The highest BCUT2D eigenvalue weighted by Crippen LogP contribution is 2.20. The average molecular weight is 302 g/mol. The maximum Gasteiger partial charge on any atom is 0.314 e. The normalized spacial score (nSPS) is 11.1. The summed E-state index contributed by atoms with van der Waals surface area (Å²) < 4.78 is 10.2. The monoisotopic (exact) mass is 301 g/mol. The highest BCUT2D eigenvalue weighted by Gasteiger charge is 2.29. The number of esters is 1. The van der Waals surface area contributed by atoms with E-state index in [1.165, 1.54) is 7.11 Å².